The first-order valence-corrected chi connectivity index (χ1v) is 9.37. The monoisotopic (exact) mass is 383 g/mol. The minimum absolute atomic E-state index is 0.0687. The standard InChI is InChI=1S/C23H17N3O3/c24-13-15-4-6-16(7-5-15)18-2-1-3-21(25-18)26-22(27)23(10-11-23)17-8-9-19-20(12-17)29-14-28-19/h1-9,12H,10-11,14H2,(H,25,26,27). The first kappa shape index (κ1) is 17.3. The molecule has 2 heterocycles. The van der Waals surface area contributed by atoms with Gasteiger partial charge in [0.1, 0.15) is 5.82 Å². The molecule has 1 aliphatic carbocycles. The Morgan fingerprint density at radius 3 is 2.59 bits per heavy atom. The Labute approximate surface area is 167 Å². The maximum absolute atomic E-state index is 13.1. The van der Waals surface area contributed by atoms with Crippen LogP contribution >= 0.6 is 0 Å². The van der Waals surface area contributed by atoms with E-state index < -0.39 is 5.41 Å². The summed E-state index contributed by atoms with van der Waals surface area (Å²) < 4.78 is 10.8. The Hall–Kier alpha value is -3.85. The molecular formula is C23H17N3O3. The molecule has 3 aromatic rings. The first-order chi connectivity index (χ1) is 14.2. The highest BCUT2D eigenvalue weighted by atomic mass is 16.7. The molecule has 0 radical (unpaired) electrons. The fraction of sp³-hybridized carbons (Fsp3) is 0.174. The Morgan fingerprint density at radius 1 is 1.03 bits per heavy atom. The lowest BCUT2D eigenvalue weighted by Gasteiger charge is -2.16. The summed E-state index contributed by atoms with van der Waals surface area (Å²) in [6.07, 6.45) is 1.57. The van der Waals surface area contributed by atoms with Crippen LogP contribution in [0.4, 0.5) is 5.82 Å². The summed E-state index contributed by atoms with van der Waals surface area (Å²) >= 11 is 0. The van der Waals surface area contributed by atoms with Gasteiger partial charge >= 0.3 is 0 Å². The number of nitrogens with one attached hydrogen (secondary N) is 1. The van der Waals surface area contributed by atoms with E-state index in [-0.39, 0.29) is 12.7 Å². The van der Waals surface area contributed by atoms with E-state index in [2.05, 4.69) is 16.4 Å². The molecule has 1 aromatic heterocycles. The van der Waals surface area contributed by atoms with Crippen LogP contribution in [0.5, 0.6) is 11.5 Å². The van der Waals surface area contributed by atoms with Crippen molar-refractivity contribution in [3.05, 3.63) is 71.8 Å². The van der Waals surface area contributed by atoms with E-state index in [1.54, 1.807) is 18.2 Å². The normalized spacial score (nSPS) is 15.4. The largest absolute Gasteiger partial charge is 0.454 e. The molecule has 6 heteroatoms. The zero-order valence-corrected chi connectivity index (χ0v) is 15.5. The predicted octanol–water partition coefficient (Wildman–Crippen LogP) is 4.02. The van der Waals surface area contributed by atoms with Crippen LogP contribution in [0, 0.1) is 11.3 Å². The number of nitrogens with zero attached hydrogens (tertiary/aromatic N) is 2. The third-order valence-electron chi connectivity index (χ3n) is 5.41. The van der Waals surface area contributed by atoms with Crippen molar-refractivity contribution in [1.29, 1.82) is 5.26 Å². The molecule has 1 fully saturated rings. The van der Waals surface area contributed by atoms with Crippen LogP contribution in [0.2, 0.25) is 0 Å². The number of pyridine rings is 1. The van der Waals surface area contributed by atoms with Crippen LogP contribution in [0.15, 0.2) is 60.7 Å². The molecule has 29 heavy (non-hydrogen) atoms. The summed E-state index contributed by atoms with van der Waals surface area (Å²) in [4.78, 5) is 17.6. The second kappa shape index (κ2) is 6.64. The summed E-state index contributed by atoms with van der Waals surface area (Å²) in [7, 11) is 0. The number of carbonyl (C=O) groups excluding carboxylic acids is 1. The molecule has 1 N–H and O–H groups in total. The second-order valence-electron chi connectivity index (χ2n) is 7.20. The number of anilines is 1. The number of hydrogen-bond acceptors (Lipinski definition) is 5. The summed E-state index contributed by atoms with van der Waals surface area (Å²) in [6.45, 7) is 0.212. The summed E-state index contributed by atoms with van der Waals surface area (Å²) in [5.41, 5.74) is 2.60. The smallest absolute Gasteiger partial charge is 0.236 e. The van der Waals surface area contributed by atoms with E-state index >= 15 is 0 Å². The van der Waals surface area contributed by atoms with Crippen LogP contribution in [-0.2, 0) is 10.2 Å². The topological polar surface area (TPSA) is 84.2 Å². The molecule has 0 atom stereocenters. The average molecular weight is 383 g/mol. The van der Waals surface area contributed by atoms with Crippen molar-refractivity contribution >= 4 is 11.7 Å². The Morgan fingerprint density at radius 2 is 1.83 bits per heavy atom. The Balaban J connectivity index is 1.37. The number of ether oxygens (including phenoxy) is 2. The second-order valence-corrected chi connectivity index (χ2v) is 7.20. The molecule has 0 unspecified atom stereocenters. The lowest BCUT2D eigenvalue weighted by atomic mass is 9.94. The number of rotatable bonds is 4. The maximum Gasteiger partial charge on any atom is 0.236 e. The predicted molar refractivity (Wildman–Crippen MR) is 106 cm³/mol. The summed E-state index contributed by atoms with van der Waals surface area (Å²) in [5.74, 6) is 1.83. The van der Waals surface area contributed by atoms with E-state index in [4.69, 9.17) is 14.7 Å². The van der Waals surface area contributed by atoms with Gasteiger partial charge in [-0.15, -0.1) is 0 Å². The highest BCUT2D eigenvalue weighted by molar-refractivity contribution is 6.01. The summed E-state index contributed by atoms with van der Waals surface area (Å²) in [6, 6.07) is 20.5. The number of fused-ring (bicyclic) bond motifs is 1. The molecule has 142 valence electrons. The molecule has 1 amide bonds. The molecule has 5 rings (SSSR count). The van der Waals surface area contributed by atoms with Crippen molar-refractivity contribution in [2.45, 2.75) is 18.3 Å². The number of carbonyl (C=O) groups is 1. The van der Waals surface area contributed by atoms with Crippen LogP contribution < -0.4 is 14.8 Å². The fourth-order valence-corrected chi connectivity index (χ4v) is 3.58. The highest BCUT2D eigenvalue weighted by Crippen LogP contribution is 2.51. The minimum Gasteiger partial charge on any atom is -0.454 e. The number of benzene rings is 2. The highest BCUT2D eigenvalue weighted by Gasteiger charge is 2.51. The van der Waals surface area contributed by atoms with Crippen molar-refractivity contribution in [2.75, 3.05) is 12.1 Å². The quantitative estimate of drug-likeness (QED) is 0.736. The molecule has 0 spiro atoms. The van der Waals surface area contributed by atoms with Gasteiger partial charge in [-0.2, -0.15) is 5.26 Å². The number of hydrogen-bond donors (Lipinski definition) is 1. The molecule has 1 aliphatic heterocycles. The minimum atomic E-state index is -0.549. The zero-order chi connectivity index (χ0) is 19.8. The van der Waals surface area contributed by atoms with Crippen LogP contribution in [0.25, 0.3) is 11.3 Å². The van der Waals surface area contributed by atoms with E-state index in [0.717, 1.165) is 29.7 Å². The van der Waals surface area contributed by atoms with Gasteiger partial charge in [0, 0.05) is 5.56 Å². The Bertz CT molecular complexity index is 1140. The lowest BCUT2D eigenvalue weighted by Crippen LogP contribution is -2.28. The molecule has 0 saturated heterocycles. The van der Waals surface area contributed by atoms with Gasteiger partial charge in [-0.1, -0.05) is 24.3 Å². The van der Waals surface area contributed by atoms with Crippen LogP contribution in [0.1, 0.15) is 24.0 Å². The lowest BCUT2D eigenvalue weighted by molar-refractivity contribution is -0.118. The van der Waals surface area contributed by atoms with Gasteiger partial charge in [0.2, 0.25) is 12.7 Å². The van der Waals surface area contributed by atoms with Crippen LogP contribution in [-0.4, -0.2) is 17.7 Å². The fourth-order valence-electron chi connectivity index (χ4n) is 3.58. The van der Waals surface area contributed by atoms with Crippen molar-refractivity contribution in [2.24, 2.45) is 0 Å². The third kappa shape index (κ3) is 3.07. The van der Waals surface area contributed by atoms with Gasteiger partial charge in [0.15, 0.2) is 11.5 Å². The molecule has 1 saturated carbocycles. The number of aromatic nitrogens is 1. The number of nitriles is 1. The first-order valence-electron chi connectivity index (χ1n) is 9.37. The zero-order valence-electron chi connectivity index (χ0n) is 15.5. The van der Waals surface area contributed by atoms with Crippen molar-refractivity contribution in [3.63, 3.8) is 0 Å². The van der Waals surface area contributed by atoms with Gasteiger partial charge in [0.05, 0.1) is 22.7 Å². The molecule has 6 nitrogen and oxygen atoms in total. The van der Waals surface area contributed by atoms with Crippen molar-refractivity contribution < 1.29 is 14.3 Å². The van der Waals surface area contributed by atoms with Crippen molar-refractivity contribution in [3.8, 4) is 28.8 Å². The Kier molecular flexibility index (Phi) is 3.95. The molecule has 2 aliphatic rings. The molecular weight excluding hydrogens is 366 g/mol. The molecule has 0 bridgehead atoms. The van der Waals surface area contributed by atoms with Gasteiger partial charge in [-0.3, -0.25) is 4.79 Å². The van der Waals surface area contributed by atoms with Crippen molar-refractivity contribution in [1.82, 2.24) is 4.98 Å². The maximum atomic E-state index is 13.1. The van der Waals surface area contributed by atoms with E-state index in [1.807, 2.05) is 42.5 Å². The van der Waals surface area contributed by atoms with E-state index in [9.17, 15) is 4.79 Å². The number of amides is 1. The summed E-state index contributed by atoms with van der Waals surface area (Å²) in [5, 5.41) is 11.9. The van der Waals surface area contributed by atoms with Gasteiger partial charge in [-0.05, 0) is 54.8 Å². The van der Waals surface area contributed by atoms with Gasteiger partial charge in [-0.25, -0.2) is 4.98 Å². The van der Waals surface area contributed by atoms with E-state index in [1.165, 1.54) is 0 Å². The van der Waals surface area contributed by atoms with Gasteiger partial charge < -0.3 is 14.8 Å². The SMILES string of the molecule is N#Cc1ccc(-c2cccc(NC(=O)C3(c4ccc5c(c4)OCO5)CC3)n2)cc1. The average Bonchev–Trinajstić information content (AvgIpc) is 3.45. The van der Waals surface area contributed by atoms with Crippen LogP contribution in [0.3, 0.4) is 0 Å². The van der Waals surface area contributed by atoms with E-state index in [0.29, 0.717) is 22.9 Å². The molecule has 2 aromatic carbocycles. The third-order valence-corrected chi connectivity index (χ3v) is 5.41. The van der Waals surface area contributed by atoms with Gasteiger partial charge in [0.25, 0.3) is 0 Å².